The Morgan fingerprint density at radius 1 is 1.52 bits per heavy atom. The molecule has 0 aliphatic heterocycles. The lowest BCUT2D eigenvalue weighted by Gasteiger charge is -2.09. The number of carboxylic acids is 1. The lowest BCUT2D eigenvalue weighted by Crippen LogP contribution is -2.07. The predicted molar refractivity (Wildman–Crippen MR) is 73.1 cm³/mol. The molecule has 0 fully saturated rings. The first-order valence-electron chi connectivity index (χ1n) is 6.30. The van der Waals surface area contributed by atoms with Crippen LogP contribution in [0.3, 0.4) is 0 Å². The third-order valence-electron chi connectivity index (χ3n) is 2.73. The number of carboxylic acid groups (broad SMARTS) is 1. The van der Waals surface area contributed by atoms with E-state index in [-0.39, 0.29) is 6.61 Å². The molecule has 0 saturated carbocycles. The molecule has 7 heteroatoms. The highest BCUT2D eigenvalue weighted by Gasteiger charge is 2.07. The van der Waals surface area contributed by atoms with Crippen molar-refractivity contribution in [2.24, 2.45) is 0 Å². The van der Waals surface area contributed by atoms with Gasteiger partial charge in [-0.25, -0.2) is 18.9 Å². The number of rotatable bonds is 6. The summed E-state index contributed by atoms with van der Waals surface area (Å²) < 4.78 is 20.5. The third kappa shape index (κ3) is 3.88. The Balaban J connectivity index is 2.17. The van der Waals surface area contributed by atoms with Gasteiger partial charge in [0.15, 0.2) is 5.82 Å². The summed E-state index contributed by atoms with van der Waals surface area (Å²) in [6.07, 6.45) is 3.64. The summed E-state index contributed by atoms with van der Waals surface area (Å²) >= 11 is 0. The number of nitrogens with zero attached hydrogens (tertiary/aromatic N) is 3. The predicted octanol–water partition coefficient (Wildman–Crippen LogP) is 2.11. The molecule has 0 bridgehead atoms. The Hall–Kier alpha value is -2.70. The number of halogens is 1. The van der Waals surface area contributed by atoms with Crippen LogP contribution in [-0.2, 0) is 17.9 Å². The van der Waals surface area contributed by atoms with Crippen LogP contribution in [0.15, 0.2) is 30.6 Å². The molecule has 0 spiro atoms. The van der Waals surface area contributed by atoms with Gasteiger partial charge in [-0.3, -0.25) is 0 Å². The second-order valence-electron chi connectivity index (χ2n) is 4.13. The number of carbonyl (C=O) groups is 1. The van der Waals surface area contributed by atoms with Gasteiger partial charge in [0, 0.05) is 18.2 Å². The number of aliphatic carboxylic acids is 1. The molecule has 0 amide bonds. The fraction of sp³-hybridized carbons (Fsp3) is 0.214. The Kier molecular flexibility index (Phi) is 4.65. The number of aromatic nitrogens is 3. The van der Waals surface area contributed by atoms with Gasteiger partial charge >= 0.3 is 5.97 Å². The van der Waals surface area contributed by atoms with E-state index >= 15 is 0 Å². The molecule has 6 nitrogen and oxygen atoms in total. The van der Waals surface area contributed by atoms with Crippen LogP contribution >= 0.6 is 0 Å². The molecule has 0 radical (unpaired) electrons. The number of hydrogen-bond donors (Lipinski definition) is 1. The van der Waals surface area contributed by atoms with E-state index in [4.69, 9.17) is 9.84 Å². The first-order valence-corrected chi connectivity index (χ1v) is 6.30. The molecule has 21 heavy (non-hydrogen) atoms. The molecule has 0 aliphatic carbocycles. The standard InChI is InChI=1S/C14H14FN3O3/c1-2-18-13(16-9-17-18)8-21-12-5-4-11(15)7-10(12)3-6-14(19)20/h3-7,9H,2,8H2,1H3,(H,19,20)/b6-3+. The molecule has 1 N–H and O–H groups in total. The minimum Gasteiger partial charge on any atom is -0.485 e. The van der Waals surface area contributed by atoms with Crippen LogP contribution in [-0.4, -0.2) is 25.8 Å². The van der Waals surface area contributed by atoms with Crippen LogP contribution in [0, 0.1) is 5.82 Å². The van der Waals surface area contributed by atoms with E-state index in [1.54, 1.807) is 4.68 Å². The first-order chi connectivity index (χ1) is 10.1. The fourth-order valence-electron chi connectivity index (χ4n) is 1.75. The van der Waals surface area contributed by atoms with Crippen molar-refractivity contribution in [2.45, 2.75) is 20.1 Å². The quantitative estimate of drug-likeness (QED) is 0.825. The number of benzene rings is 1. The molecule has 2 aromatic rings. The van der Waals surface area contributed by atoms with E-state index in [2.05, 4.69) is 10.1 Å². The largest absolute Gasteiger partial charge is 0.485 e. The van der Waals surface area contributed by atoms with E-state index in [1.165, 1.54) is 30.6 Å². The van der Waals surface area contributed by atoms with Gasteiger partial charge in [0.05, 0.1) is 0 Å². The summed E-state index contributed by atoms with van der Waals surface area (Å²) in [4.78, 5) is 14.6. The molecule has 0 saturated heterocycles. The highest BCUT2D eigenvalue weighted by molar-refractivity contribution is 5.85. The number of aryl methyl sites for hydroxylation is 1. The van der Waals surface area contributed by atoms with Crippen molar-refractivity contribution in [3.8, 4) is 5.75 Å². The minimum atomic E-state index is -1.11. The smallest absolute Gasteiger partial charge is 0.328 e. The van der Waals surface area contributed by atoms with E-state index in [0.717, 1.165) is 6.08 Å². The summed E-state index contributed by atoms with van der Waals surface area (Å²) in [6.45, 7) is 2.75. The van der Waals surface area contributed by atoms with E-state index in [9.17, 15) is 9.18 Å². The fourth-order valence-corrected chi connectivity index (χ4v) is 1.75. The summed E-state index contributed by atoms with van der Waals surface area (Å²) in [6, 6.07) is 3.90. The van der Waals surface area contributed by atoms with Gasteiger partial charge in [0.2, 0.25) is 0 Å². The second-order valence-corrected chi connectivity index (χ2v) is 4.13. The van der Waals surface area contributed by atoms with Gasteiger partial charge < -0.3 is 9.84 Å². The number of ether oxygens (including phenoxy) is 1. The normalized spacial score (nSPS) is 11.0. The Labute approximate surface area is 120 Å². The van der Waals surface area contributed by atoms with Gasteiger partial charge in [-0.1, -0.05) is 0 Å². The van der Waals surface area contributed by atoms with Crippen molar-refractivity contribution < 1.29 is 19.0 Å². The summed E-state index contributed by atoms with van der Waals surface area (Å²) in [7, 11) is 0. The van der Waals surface area contributed by atoms with E-state index < -0.39 is 11.8 Å². The van der Waals surface area contributed by atoms with Crippen molar-refractivity contribution >= 4 is 12.0 Å². The maximum absolute atomic E-state index is 13.2. The van der Waals surface area contributed by atoms with E-state index in [0.29, 0.717) is 23.7 Å². The molecule has 1 aromatic carbocycles. The van der Waals surface area contributed by atoms with Crippen molar-refractivity contribution in [3.05, 3.63) is 47.8 Å². The first kappa shape index (κ1) is 14.7. The summed E-state index contributed by atoms with van der Waals surface area (Å²) in [5, 5.41) is 12.7. The third-order valence-corrected chi connectivity index (χ3v) is 2.73. The molecule has 0 atom stereocenters. The van der Waals surface area contributed by atoms with Gasteiger partial charge in [0.1, 0.15) is 24.5 Å². The lowest BCUT2D eigenvalue weighted by atomic mass is 10.2. The van der Waals surface area contributed by atoms with Crippen molar-refractivity contribution in [2.75, 3.05) is 0 Å². The average Bonchev–Trinajstić information content (AvgIpc) is 2.91. The molecular formula is C14H14FN3O3. The van der Waals surface area contributed by atoms with Gasteiger partial charge in [0.25, 0.3) is 0 Å². The van der Waals surface area contributed by atoms with Crippen LogP contribution in [0.1, 0.15) is 18.3 Å². The molecule has 110 valence electrons. The maximum Gasteiger partial charge on any atom is 0.328 e. The maximum atomic E-state index is 13.2. The SMILES string of the molecule is CCn1ncnc1COc1ccc(F)cc1/C=C/C(=O)O. The molecular weight excluding hydrogens is 277 g/mol. The zero-order valence-electron chi connectivity index (χ0n) is 11.4. The lowest BCUT2D eigenvalue weighted by molar-refractivity contribution is -0.131. The Morgan fingerprint density at radius 3 is 3.05 bits per heavy atom. The Morgan fingerprint density at radius 2 is 2.33 bits per heavy atom. The van der Waals surface area contributed by atoms with Crippen LogP contribution in [0.5, 0.6) is 5.75 Å². The molecule has 1 heterocycles. The Bertz CT molecular complexity index is 667. The van der Waals surface area contributed by atoms with Crippen LogP contribution in [0.25, 0.3) is 6.08 Å². The molecule has 1 aromatic heterocycles. The van der Waals surface area contributed by atoms with Crippen LogP contribution in [0.2, 0.25) is 0 Å². The van der Waals surface area contributed by atoms with Gasteiger partial charge in [-0.15, -0.1) is 0 Å². The molecule has 0 aliphatic rings. The summed E-state index contributed by atoms with van der Waals surface area (Å²) in [5.41, 5.74) is 0.347. The van der Waals surface area contributed by atoms with Crippen molar-refractivity contribution in [3.63, 3.8) is 0 Å². The molecule has 2 rings (SSSR count). The average molecular weight is 291 g/mol. The van der Waals surface area contributed by atoms with Crippen LogP contribution in [0.4, 0.5) is 4.39 Å². The van der Waals surface area contributed by atoms with Gasteiger partial charge in [-0.05, 0) is 31.2 Å². The second kappa shape index (κ2) is 6.65. The topological polar surface area (TPSA) is 77.2 Å². The van der Waals surface area contributed by atoms with Crippen LogP contribution < -0.4 is 4.74 Å². The van der Waals surface area contributed by atoms with Crippen molar-refractivity contribution in [1.82, 2.24) is 14.8 Å². The summed E-state index contributed by atoms with van der Waals surface area (Å²) in [5.74, 6) is -0.574. The number of hydrogen-bond acceptors (Lipinski definition) is 4. The molecule has 0 unspecified atom stereocenters. The highest BCUT2D eigenvalue weighted by atomic mass is 19.1. The van der Waals surface area contributed by atoms with Gasteiger partial charge in [-0.2, -0.15) is 5.10 Å². The van der Waals surface area contributed by atoms with Crippen molar-refractivity contribution in [1.29, 1.82) is 0 Å². The minimum absolute atomic E-state index is 0.160. The van der Waals surface area contributed by atoms with E-state index in [1.807, 2.05) is 6.92 Å². The zero-order valence-corrected chi connectivity index (χ0v) is 11.4. The highest BCUT2D eigenvalue weighted by Crippen LogP contribution is 2.22. The monoisotopic (exact) mass is 291 g/mol. The zero-order chi connectivity index (χ0) is 15.2.